The summed E-state index contributed by atoms with van der Waals surface area (Å²) in [4.78, 5) is 19.0. The minimum absolute atomic E-state index is 0.109. The average Bonchev–Trinajstić information content (AvgIpc) is 3.01. The van der Waals surface area contributed by atoms with Gasteiger partial charge in [0, 0.05) is 41.7 Å². The second-order valence-electron chi connectivity index (χ2n) is 5.26. The van der Waals surface area contributed by atoms with Gasteiger partial charge in [0.25, 0.3) is 5.91 Å². The Balaban J connectivity index is 1.63. The molecule has 0 radical (unpaired) electrons. The fourth-order valence-electron chi connectivity index (χ4n) is 2.82. The Labute approximate surface area is 126 Å². The lowest BCUT2D eigenvalue weighted by atomic mass is 10.0. The van der Waals surface area contributed by atoms with E-state index < -0.39 is 0 Å². The topological polar surface area (TPSA) is 33.2 Å². The van der Waals surface area contributed by atoms with Crippen molar-refractivity contribution in [3.05, 3.63) is 64.8 Å². The van der Waals surface area contributed by atoms with Crippen molar-refractivity contribution in [2.24, 2.45) is 0 Å². The first kappa shape index (κ1) is 12.5. The lowest BCUT2D eigenvalue weighted by molar-refractivity contribution is 0.0733. The van der Waals surface area contributed by atoms with E-state index in [1.807, 2.05) is 35.4 Å². The Morgan fingerprint density at radius 1 is 1.24 bits per heavy atom. The van der Waals surface area contributed by atoms with Gasteiger partial charge in [-0.15, -0.1) is 11.3 Å². The van der Waals surface area contributed by atoms with Gasteiger partial charge < -0.3 is 4.90 Å². The molecule has 3 aromatic rings. The van der Waals surface area contributed by atoms with Crippen LogP contribution in [0.3, 0.4) is 0 Å². The number of carbonyl (C=O) groups is 1. The van der Waals surface area contributed by atoms with E-state index in [1.165, 1.54) is 4.70 Å². The van der Waals surface area contributed by atoms with Crippen molar-refractivity contribution < 1.29 is 4.79 Å². The molecule has 2 aromatic heterocycles. The van der Waals surface area contributed by atoms with Crippen LogP contribution < -0.4 is 0 Å². The van der Waals surface area contributed by atoms with E-state index in [1.54, 1.807) is 11.3 Å². The molecule has 0 unspecified atom stereocenters. The summed E-state index contributed by atoms with van der Waals surface area (Å²) in [7, 11) is 0. The van der Waals surface area contributed by atoms with Crippen LogP contribution in [0, 0.1) is 0 Å². The van der Waals surface area contributed by atoms with Gasteiger partial charge in [0.15, 0.2) is 0 Å². The van der Waals surface area contributed by atoms with Crippen LogP contribution in [0.25, 0.3) is 10.1 Å². The van der Waals surface area contributed by atoms with Crippen molar-refractivity contribution >= 4 is 27.3 Å². The molecule has 0 bridgehead atoms. The monoisotopic (exact) mass is 294 g/mol. The molecule has 1 aliphatic rings. The second kappa shape index (κ2) is 4.97. The molecule has 0 atom stereocenters. The fourth-order valence-corrected chi connectivity index (χ4v) is 3.59. The first-order valence-electron chi connectivity index (χ1n) is 7.00. The van der Waals surface area contributed by atoms with E-state index in [0.29, 0.717) is 6.54 Å². The third-order valence-electron chi connectivity index (χ3n) is 3.95. The highest BCUT2D eigenvalue weighted by atomic mass is 32.1. The predicted molar refractivity (Wildman–Crippen MR) is 84.5 cm³/mol. The van der Waals surface area contributed by atoms with Crippen molar-refractivity contribution in [2.75, 3.05) is 6.54 Å². The lowest BCUT2D eigenvalue weighted by Gasteiger charge is -2.28. The van der Waals surface area contributed by atoms with E-state index in [0.717, 1.165) is 35.2 Å². The first-order valence-corrected chi connectivity index (χ1v) is 7.88. The number of carbonyl (C=O) groups excluding carboxylic acids is 1. The molecular weight excluding hydrogens is 280 g/mol. The van der Waals surface area contributed by atoms with Gasteiger partial charge in [0.05, 0.1) is 0 Å². The maximum atomic E-state index is 12.7. The van der Waals surface area contributed by atoms with Crippen molar-refractivity contribution in [2.45, 2.75) is 13.0 Å². The average molecular weight is 294 g/mol. The molecule has 1 amide bonds. The minimum Gasteiger partial charge on any atom is -0.334 e. The second-order valence-corrected chi connectivity index (χ2v) is 6.21. The molecule has 4 rings (SSSR count). The third kappa shape index (κ3) is 2.21. The van der Waals surface area contributed by atoms with Crippen LogP contribution in [0.2, 0.25) is 0 Å². The smallest absolute Gasteiger partial charge is 0.254 e. The number of hydrogen-bond acceptors (Lipinski definition) is 3. The van der Waals surface area contributed by atoms with Crippen LogP contribution in [-0.4, -0.2) is 22.3 Å². The third-order valence-corrected chi connectivity index (χ3v) is 4.85. The van der Waals surface area contributed by atoms with E-state index in [-0.39, 0.29) is 5.91 Å². The van der Waals surface area contributed by atoms with Crippen LogP contribution in [0.5, 0.6) is 0 Å². The maximum Gasteiger partial charge on any atom is 0.254 e. The SMILES string of the molecule is O=C(c1ccc2sccc2c1)N1CCc2ncccc2C1. The van der Waals surface area contributed by atoms with Crippen LogP contribution >= 0.6 is 11.3 Å². The van der Waals surface area contributed by atoms with Gasteiger partial charge in [-0.3, -0.25) is 9.78 Å². The molecule has 3 nitrogen and oxygen atoms in total. The number of thiophene rings is 1. The molecule has 0 aliphatic carbocycles. The molecule has 0 N–H and O–H groups in total. The Bertz CT molecular complexity index is 824. The van der Waals surface area contributed by atoms with E-state index >= 15 is 0 Å². The van der Waals surface area contributed by atoms with Gasteiger partial charge >= 0.3 is 0 Å². The van der Waals surface area contributed by atoms with Crippen molar-refractivity contribution in [1.29, 1.82) is 0 Å². The van der Waals surface area contributed by atoms with Gasteiger partial charge in [-0.1, -0.05) is 6.07 Å². The molecule has 3 heterocycles. The molecule has 0 fully saturated rings. The zero-order valence-electron chi connectivity index (χ0n) is 11.5. The molecule has 1 aliphatic heterocycles. The number of amides is 1. The molecular formula is C17H14N2OS. The number of rotatable bonds is 1. The Kier molecular flexibility index (Phi) is 2.97. The maximum absolute atomic E-state index is 12.7. The standard InChI is InChI=1S/C17H14N2OS/c20-17(13-3-4-16-12(10-13)6-9-21-16)19-8-5-15-14(11-19)2-1-7-18-15/h1-4,6-7,9-10H,5,8,11H2. The summed E-state index contributed by atoms with van der Waals surface area (Å²) in [5.41, 5.74) is 3.05. The molecule has 4 heteroatoms. The highest BCUT2D eigenvalue weighted by Gasteiger charge is 2.22. The van der Waals surface area contributed by atoms with Gasteiger partial charge in [0.1, 0.15) is 0 Å². The summed E-state index contributed by atoms with van der Waals surface area (Å²) >= 11 is 1.70. The van der Waals surface area contributed by atoms with Crippen LogP contribution in [0.1, 0.15) is 21.6 Å². The number of benzene rings is 1. The van der Waals surface area contributed by atoms with Gasteiger partial charge in [-0.2, -0.15) is 0 Å². The van der Waals surface area contributed by atoms with Crippen LogP contribution in [0.4, 0.5) is 0 Å². The summed E-state index contributed by atoms with van der Waals surface area (Å²) in [6.45, 7) is 1.40. The highest BCUT2D eigenvalue weighted by Crippen LogP contribution is 2.24. The van der Waals surface area contributed by atoms with Gasteiger partial charge in [0.2, 0.25) is 0 Å². The summed E-state index contributed by atoms with van der Waals surface area (Å²) < 4.78 is 1.22. The van der Waals surface area contributed by atoms with Crippen LogP contribution in [-0.2, 0) is 13.0 Å². The van der Waals surface area contributed by atoms with Gasteiger partial charge in [-0.25, -0.2) is 0 Å². The molecule has 1 aromatic carbocycles. The Morgan fingerprint density at radius 2 is 2.19 bits per heavy atom. The summed E-state index contributed by atoms with van der Waals surface area (Å²) in [6.07, 6.45) is 2.66. The quantitative estimate of drug-likeness (QED) is 0.688. The number of nitrogens with zero attached hydrogens (tertiary/aromatic N) is 2. The molecule has 0 spiro atoms. The number of hydrogen-bond donors (Lipinski definition) is 0. The number of pyridine rings is 1. The van der Waals surface area contributed by atoms with Crippen LogP contribution in [0.15, 0.2) is 48.0 Å². The summed E-state index contributed by atoms with van der Waals surface area (Å²) in [5.74, 6) is 0.109. The lowest BCUT2D eigenvalue weighted by Crippen LogP contribution is -2.36. The van der Waals surface area contributed by atoms with E-state index in [2.05, 4.69) is 22.5 Å². The number of aromatic nitrogens is 1. The van der Waals surface area contributed by atoms with E-state index in [9.17, 15) is 4.79 Å². The van der Waals surface area contributed by atoms with Crippen molar-refractivity contribution in [3.63, 3.8) is 0 Å². The zero-order chi connectivity index (χ0) is 14.2. The summed E-state index contributed by atoms with van der Waals surface area (Å²) in [5, 5.41) is 3.20. The molecule has 104 valence electrons. The van der Waals surface area contributed by atoms with Gasteiger partial charge in [-0.05, 0) is 46.7 Å². The molecule has 21 heavy (non-hydrogen) atoms. The first-order chi connectivity index (χ1) is 10.3. The number of fused-ring (bicyclic) bond motifs is 2. The molecule has 0 saturated carbocycles. The highest BCUT2D eigenvalue weighted by molar-refractivity contribution is 7.17. The zero-order valence-corrected chi connectivity index (χ0v) is 12.3. The minimum atomic E-state index is 0.109. The van der Waals surface area contributed by atoms with Crippen molar-refractivity contribution in [3.8, 4) is 0 Å². The van der Waals surface area contributed by atoms with Crippen molar-refractivity contribution in [1.82, 2.24) is 9.88 Å². The Morgan fingerprint density at radius 3 is 3.14 bits per heavy atom. The summed E-state index contributed by atoms with van der Waals surface area (Å²) in [6, 6.07) is 12.0. The van der Waals surface area contributed by atoms with E-state index in [4.69, 9.17) is 0 Å². The molecule has 0 saturated heterocycles. The normalized spacial score (nSPS) is 14.2. The predicted octanol–water partition coefficient (Wildman–Crippen LogP) is 3.49. The fraction of sp³-hybridized carbons (Fsp3) is 0.176. The Hall–Kier alpha value is -2.20. The largest absolute Gasteiger partial charge is 0.334 e.